The average Bonchev–Trinajstić information content (AvgIpc) is 2.56. The minimum atomic E-state index is -0.452. The maximum atomic E-state index is 13.3. The Balaban J connectivity index is 2.55. The van der Waals surface area contributed by atoms with Crippen molar-refractivity contribution >= 4 is 15.9 Å². The lowest BCUT2D eigenvalue weighted by atomic mass is 10.1. The molecule has 0 aliphatic heterocycles. The molecule has 2 aromatic rings. The van der Waals surface area contributed by atoms with Gasteiger partial charge < -0.3 is 4.98 Å². The van der Waals surface area contributed by atoms with Crippen molar-refractivity contribution in [3.63, 3.8) is 0 Å². The van der Waals surface area contributed by atoms with E-state index in [2.05, 4.69) is 20.9 Å². The molecule has 0 saturated heterocycles. The SMILES string of the molecule is Fc1ccc(F)c(-c2ccc(Br)[nH]2)c1. The van der Waals surface area contributed by atoms with Crippen LogP contribution in [0.2, 0.25) is 0 Å². The highest BCUT2D eigenvalue weighted by atomic mass is 79.9. The summed E-state index contributed by atoms with van der Waals surface area (Å²) in [6.07, 6.45) is 0. The molecule has 0 saturated carbocycles. The number of hydrogen-bond acceptors (Lipinski definition) is 0. The minimum Gasteiger partial charge on any atom is -0.349 e. The largest absolute Gasteiger partial charge is 0.349 e. The molecule has 1 aromatic carbocycles. The van der Waals surface area contributed by atoms with E-state index in [1.807, 2.05) is 0 Å². The lowest BCUT2D eigenvalue weighted by molar-refractivity contribution is 0.603. The van der Waals surface area contributed by atoms with Crippen LogP contribution in [-0.4, -0.2) is 4.98 Å². The Kier molecular flexibility index (Phi) is 2.37. The molecule has 0 unspecified atom stereocenters. The van der Waals surface area contributed by atoms with Gasteiger partial charge in [-0.25, -0.2) is 8.78 Å². The third kappa shape index (κ3) is 1.70. The Morgan fingerprint density at radius 2 is 1.86 bits per heavy atom. The van der Waals surface area contributed by atoms with Crippen LogP contribution < -0.4 is 0 Å². The maximum absolute atomic E-state index is 13.3. The smallest absolute Gasteiger partial charge is 0.132 e. The first kappa shape index (κ1) is 9.40. The fourth-order valence-electron chi connectivity index (χ4n) is 1.23. The Morgan fingerprint density at radius 3 is 2.50 bits per heavy atom. The van der Waals surface area contributed by atoms with Crippen molar-refractivity contribution in [1.29, 1.82) is 0 Å². The predicted octanol–water partition coefficient (Wildman–Crippen LogP) is 3.72. The predicted molar refractivity (Wildman–Crippen MR) is 53.8 cm³/mol. The van der Waals surface area contributed by atoms with Crippen molar-refractivity contribution < 1.29 is 8.78 Å². The van der Waals surface area contributed by atoms with E-state index >= 15 is 0 Å². The summed E-state index contributed by atoms with van der Waals surface area (Å²) in [5.74, 6) is -0.895. The first-order valence-electron chi connectivity index (χ1n) is 3.97. The Hall–Kier alpha value is -1.16. The van der Waals surface area contributed by atoms with Crippen LogP contribution >= 0.6 is 15.9 Å². The Labute approximate surface area is 87.9 Å². The van der Waals surface area contributed by atoms with Crippen LogP contribution in [-0.2, 0) is 0 Å². The van der Waals surface area contributed by atoms with Crippen LogP contribution in [0.5, 0.6) is 0 Å². The van der Waals surface area contributed by atoms with E-state index in [4.69, 9.17) is 0 Å². The summed E-state index contributed by atoms with van der Waals surface area (Å²) in [6, 6.07) is 6.78. The third-order valence-corrected chi connectivity index (χ3v) is 2.33. The zero-order valence-electron chi connectivity index (χ0n) is 7.02. The first-order chi connectivity index (χ1) is 6.66. The van der Waals surface area contributed by atoms with E-state index in [-0.39, 0.29) is 5.56 Å². The van der Waals surface area contributed by atoms with Gasteiger partial charge in [-0.15, -0.1) is 0 Å². The number of aromatic nitrogens is 1. The molecule has 0 spiro atoms. The normalized spacial score (nSPS) is 10.5. The van der Waals surface area contributed by atoms with Gasteiger partial charge in [0.2, 0.25) is 0 Å². The van der Waals surface area contributed by atoms with Gasteiger partial charge in [0.1, 0.15) is 11.6 Å². The van der Waals surface area contributed by atoms with Gasteiger partial charge in [-0.3, -0.25) is 0 Å². The van der Waals surface area contributed by atoms with Gasteiger partial charge >= 0.3 is 0 Å². The fraction of sp³-hybridized carbons (Fsp3) is 0. The van der Waals surface area contributed by atoms with Crippen molar-refractivity contribution in [3.8, 4) is 11.3 Å². The van der Waals surface area contributed by atoms with Crippen LogP contribution in [0.25, 0.3) is 11.3 Å². The lowest BCUT2D eigenvalue weighted by Gasteiger charge is -2.00. The quantitative estimate of drug-likeness (QED) is 0.802. The highest BCUT2D eigenvalue weighted by molar-refractivity contribution is 9.10. The van der Waals surface area contributed by atoms with Crippen molar-refractivity contribution in [1.82, 2.24) is 4.98 Å². The summed E-state index contributed by atoms with van der Waals surface area (Å²) in [5, 5.41) is 0. The standard InChI is InChI=1S/C10H6BrF2N/c11-10-4-3-9(14-10)7-5-6(12)1-2-8(7)13/h1-5,14H. The summed E-state index contributed by atoms with van der Waals surface area (Å²) < 4.78 is 26.8. The van der Waals surface area contributed by atoms with E-state index in [9.17, 15) is 8.78 Å². The zero-order chi connectivity index (χ0) is 10.1. The number of hydrogen-bond donors (Lipinski definition) is 1. The summed E-state index contributed by atoms with van der Waals surface area (Å²) in [6.45, 7) is 0. The topological polar surface area (TPSA) is 15.8 Å². The van der Waals surface area contributed by atoms with E-state index in [0.29, 0.717) is 5.69 Å². The summed E-state index contributed by atoms with van der Waals surface area (Å²) >= 11 is 3.20. The molecular weight excluding hydrogens is 252 g/mol. The van der Waals surface area contributed by atoms with Gasteiger partial charge in [0.15, 0.2) is 0 Å². The van der Waals surface area contributed by atoms with Crippen molar-refractivity contribution in [2.45, 2.75) is 0 Å². The summed E-state index contributed by atoms with van der Waals surface area (Å²) in [5.41, 5.74) is 0.782. The van der Waals surface area contributed by atoms with Crippen molar-refractivity contribution in [2.24, 2.45) is 0 Å². The molecule has 0 amide bonds. The molecule has 1 nitrogen and oxygen atoms in total. The van der Waals surface area contributed by atoms with Crippen molar-refractivity contribution in [2.75, 3.05) is 0 Å². The second kappa shape index (κ2) is 3.53. The molecule has 0 aliphatic rings. The molecular formula is C10H6BrF2N. The van der Waals surface area contributed by atoms with Gasteiger partial charge in [-0.05, 0) is 46.3 Å². The van der Waals surface area contributed by atoms with Gasteiger partial charge in [0, 0.05) is 11.3 Å². The Morgan fingerprint density at radius 1 is 1.07 bits per heavy atom. The second-order valence-corrected chi connectivity index (χ2v) is 3.70. The lowest BCUT2D eigenvalue weighted by Crippen LogP contribution is -1.86. The highest BCUT2D eigenvalue weighted by Gasteiger charge is 2.07. The summed E-state index contributed by atoms with van der Waals surface area (Å²) in [4.78, 5) is 2.87. The minimum absolute atomic E-state index is 0.232. The highest BCUT2D eigenvalue weighted by Crippen LogP contribution is 2.24. The van der Waals surface area contributed by atoms with Gasteiger partial charge in [-0.1, -0.05) is 0 Å². The number of rotatable bonds is 1. The molecule has 4 heteroatoms. The van der Waals surface area contributed by atoms with Crippen LogP contribution in [0.1, 0.15) is 0 Å². The molecule has 1 heterocycles. The molecule has 1 aromatic heterocycles. The second-order valence-electron chi connectivity index (χ2n) is 2.84. The monoisotopic (exact) mass is 257 g/mol. The van der Waals surface area contributed by atoms with Gasteiger partial charge in [0.25, 0.3) is 0 Å². The number of nitrogens with one attached hydrogen (secondary N) is 1. The zero-order valence-corrected chi connectivity index (χ0v) is 8.61. The van der Waals surface area contributed by atoms with E-state index in [1.54, 1.807) is 12.1 Å². The van der Waals surface area contributed by atoms with Crippen molar-refractivity contribution in [3.05, 3.63) is 46.6 Å². The third-order valence-electron chi connectivity index (χ3n) is 1.87. The molecule has 0 radical (unpaired) electrons. The Bertz CT molecular complexity index is 465. The first-order valence-corrected chi connectivity index (χ1v) is 4.76. The maximum Gasteiger partial charge on any atom is 0.132 e. The number of H-pyrrole nitrogens is 1. The van der Waals surface area contributed by atoms with E-state index in [0.717, 1.165) is 22.8 Å². The van der Waals surface area contributed by atoms with Gasteiger partial charge in [-0.2, -0.15) is 0 Å². The van der Waals surface area contributed by atoms with E-state index < -0.39 is 11.6 Å². The molecule has 0 atom stereocenters. The average molecular weight is 258 g/mol. The van der Waals surface area contributed by atoms with Crippen LogP contribution in [0.15, 0.2) is 34.9 Å². The fourth-order valence-corrected chi connectivity index (χ4v) is 1.58. The molecule has 0 bridgehead atoms. The molecule has 0 fully saturated rings. The van der Waals surface area contributed by atoms with Crippen LogP contribution in [0.4, 0.5) is 8.78 Å². The molecule has 2 rings (SSSR count). The van der Waals surface area contributed by atoms with Crippen LogP contribution in [0, 0.1) is 11.6 Å². The summed E-state index contributed by atoms with van der Waals surface area (Å²) in [7, 11) is 0. The molecule has 1 N–H and O–H groups in total. The number of halogens is 3. The van der Waals surface area contributed by atoms with Crippen LogP contribution in [0.3, 0.4) is 0 Å². The van der Waals surface area contributed by atoms with E-state index in [1.165, 1.54) is 0 Å². The number of benzene rings is 1. The number of aromatic amines is 1. The van der Waals surface area contributed by atoms with Gasteiger partial charge in [0.05, 0.1) is 4.60 Å². The molecule has 14 heavy (non-hydrogen) atoms. The molecule has 0 aliphatic carbocycles. The molecule has 72 valence electrons.